The molecule has 3 N–H and O–H groups in total. The van der Waals surface area contributed by atoms with E-state index < -0.39 is 25.2 Å². The molecule has 0 aliphatic heterocycles. The number of guanidine groups is 1. The minimum Gasteiger partial charge on any atom is -0.361 e. The summed E-state index contributed by atoms with van der Waals surface area (Å²) >= 11 is 0. The summed E-state index contributed by atoms with van der Waals surface area (Å²) < 4.78 is 50.3. The Morgan fingerprint density at radius 2 is 2.00 bits per heavy atom. The average Bonchev–Trinajstić information content (AvgIpc) is 3.00. The number of aromatic nitrogens is 1. The first-order valence-corrected chi connectivity index (χ1v) is 8.78. The number of fused-ring (bicyclic) bond motifs is 1. The van der Waals surface area contributed by atoms with Gasteiger partial charge in [0, 0.05) is 37.2 Å². The number of rotatable bonds is 7. The number of hydrogen-bond donors (Lipinski definition) is 3. The zero-order chi connectivity index (χ0) is 20.7. The van der Waals surface area contributed by atoms with E-state index in [2.05, 4.69) is 20.6 Å². The van der Waals surface area contributed by atoms with Gasteiger partial charge in [-0.2, -0.15) is 13.2 Å². The first-order chi connectivity index (χ1) is 13.2. The van der Waals surface area contributed by atoms with E-state index in [4.69, 9.17) is 0 Å². The van der Waals surface area contributed by atoms with Gasteiger partial charge in [0.1, 0.15) is 18.9 Å². The quantitative estimate of drug-likeness (QED) is 0.224. The lowest BCUT2D eigenvalue weighted by Crippen LogP contribution is -2.40. The lowest BCUT2D eigenvalue weighted by Gasteiger charge is -2.18. The Bertz CT molecular complexity index is 837. The third-order valence-corrected chi connectivity index (χ3v) is 3.98. The van der Waals surface area contributed by atoms with Crippen molar-refractivity contribution in [2.75, 3.05) is 33.2 Å². The van der Waals surface area contributed by atoms with Crippen LogP contribution in [0.3, 0.4) is 0 Å². The molecule has 1 aromatic carbocycles. The number of hydrogen-bond acceptors (Lipinski definition) is 2. The van der Waals surface area contributed by atoms with Crippen molar-refractivity contribution in [3.05, 3.63) is 35.8 Å². The maximum Gasteiger partial charge on any atom is 0.406 e. The number of amides is 1. The highest BCUT2D eigenvalue weighted by Crippen LogP contribution is 2.19. The first-order valence-electron chi connectivity index (χ1n) is 8.78. The third-order valence-electron chi connectivity index (χ3n) is 3.98. The fourth-order valence-electron chi connectivity index (χ4n) is 2.65. The Morgan fingerprint density at radius 3 is 2.66 bits per heavy atom. The molecule has 11 heteroatoms. The second-order valence-electron chi connectivity index (χ2n) is 6.24. The molecular weight excluding hydrogens is 505 g/mol. The molecule has 0 atom stereocenters. The molecule has 29 heavy (non-hydrogen) atoms. The Balaban J connectivity index is 0.00000420. The van der Waals surface area contributed by atoms with E-state index >= 15 is 0 Å². The minimum atomic E-state index is -4.45. The van der Waals surface area contributed by atoms with Crippen LogP contribution >= 0.6 is 24.0 Å². The van der Waals surface area contributed by atoms with Gasteiger partial charge in [0.2, 0.25) is 5.91 Å². The van der Waals surface area contributed by atoms with Crippen molar-refractivity contribution >= 4 is 46.7 Å². The Labute approximate surface area is 183 Å². The van der Waals surface area contributed by atoms with Crippen molar-refractivity contribution in [1.82, 2.24) is 20.5 Å². The van der Waals surface area contributed by atoms with Crippen LogP contribution < -0.4 is 10.6 Å². The molecule has 6 nitrogen and oxygen atoms in total. The average molecular weight is 529 g/mol. The van der Waals surface area contributed by atoms with Crippen molar-refractivity contribution in [3.63, 3.8) is 0 Å². The van der Waals surface area contributed by atoms with Crippen LogP contribution in [-0.2, 0) is 11.2 Å². The molecule has 2 aromatic rings. The van der Waals surface area contributed by atoms with Crippen LogP contribution in [0.5, 0.6) is 0 Å². The van der Waals surface area contributed by atoms with Crippen molar-refractivity contribution < 1.29 is 22.4 Å². The van der Waals surface area contributed by atoms with Crippen LogP contribution in [-0.4, -0.2) is 61.2 Å². The van der Waals surface area contributed by atoms with E-state index in [1.807, 2.05) is 6.92 Å². The molecule has 0 spiro atoms. The molecule has 0 bridgehead atoms. The highest BCUT2D eigenvalue weighted by molar-refractivity contribution is 14.0. The summed E-state index contributed by atoms with van der Waals surface area (Å²) in [6, 6.07) is 4.51. The molecule has 1 heterocycles. The van der Waals surface area contributed by atoms with Crippen molar-refractivity contribution in [2.45, 2.75) is 19.5 Å². The third kappa shape index (κ3) is 8.07. The van der Waals surface area contributed by atoms with Gasteiger partial charge in [-0.1, -0.05) is 0 Å². The Morgan fingerprint density at radius 1 is 1.28 bits per heavy atom. The monoisotopic (exact) mass is 529 g/mol. The van der Waals surface area contributed by atoms with Crippen LogP contribution in [0.2, 0.25) is 0 Å². The molecule has 0 saturated carbocycles. The van der Waals surface area contributed by atoms with Crippen molar-refractivity contribution in [3.8, 4) is 0 Å². The number of carbonyl (C=O) groups excluding carboxylic acids is 1. The number of likely N-dealkylation sites (N-methyl/N-ethyl adjacent to an activating group) is 1. The first kappa shape index (κ1) is 25.0. The maximum atomic E-state index is 13.2. The molecule has 1 aromatic heterocycles. The Hall–Kier alpha value is -2.05. The molecule has 0 aliphatic carbocycles. The van der Waals surface area contributed by atoms with Crippen LogP contribution in [0, 0.1) is 5.82 Å². The predicted molar refractivity (Wildman–Crippen MR) is 115 cm³/mol. The van der Waals surface area contributed by atoms with Crippen LogP contribution in [0.25, 0.3) is 10.9 Å². The number of aromatic amines is 1. The number of aliphatic imine (C=N–C) groups is 1. The van der Waals surface area contributed by atoms with Gasteiger partial charge >= 0.3 is 6.18 Å². The molecule has 1 amide bonds. The number of nitrogens with one attached hydrogen (secondary N) is 3. The number of H-pyrrole nitrogens is 1. The van der Waals surface area contributed by atoms with Crippen LogP contribution in [0.4, 0.5) is 17.6 Å². The number of benzene rings is 1. The molecule has 0 saturated heterocycles. The molecule has 2 rings (SSSR count). The zero-order valence-corrected chi connectivity index (χ0v) is 18.4. The summed E-state index contributed by atoms with van der Waals surface area (Å²) in [6.45, 7) is 1.14. The summed E-state index contributed by atoms with van der Waals surface area (Å²) in [5.74, 6) is -0.712. The van der Waals surface area contributed by atoms with Crippen molar-refractivity contribution in [2.24, 2.45) is 4.99 Å². The number of halogens is 5. The lowest BCUT2D eigenvalue weighted by molar-refractivity contribution is -0.157. The summed E-state index contributed by atoms with van der Waals surface area (Å²) in [7, 11) is 1.09. The molecule has 0 aliphatic rings. The van der Waals surface area contributed by atoms with E-state index in [0.717, 1.165) is 18.0 Å². The lowest BCUT2D eigenvalue weighted by atomic mass is 10.1. The maximum absolute atomic E-state index is 13.2. The number of nitrogens with zero attached hydrogens (tertiary/aromatic N) is 2. The number of alkyl halides is 3. The van der Waals surface area contributed by atoms with Crippen molar-refractivity contribution in [1.29, 1.82) is 0 Å². The van der Waals surface area contributed by atoms with Gasteiger partial charge < -0.3 is 20.5 Å². The van der Waals surface area contributed by atoms with E-state index in [0.29, 0.717) is 35.9 Å². The van der Waals surface area contributed by atoms with Crippen LogP contribution in [0.1, 0.15) is 12.5 Å². The predicted octanol–water partition coefficient (Wildman–Crippen LogP) is 3.04. The summed E-state index contributed by atoms with van der Waals surface area (Å²) in [6.07, 6.45) is -2.04. The SMILES string of the molecule is CCNC(=NCC(=O)N(C)CC(F)(F)F)NCCc1c[nH]c2cc(F)ccc12.I. The van der Waals surface area contributed by atoms with E-state index in [1.165, 1.54) is 12.1 Å². The smallest absolute Gasteiger partial charge is 0.361 e. The van der Waals surface area contributed by atoms with Gasteiger partial charge in [0.15, 0.2) is 5.96 Å². The standard InChI is InChI=1S/C18H23F4N5O.HI/c1-3-23-17(26-10-16(28)27(2)11-18(20,21)22)24-7-6-12-9-25-15-8-13(19)4-5-14(12)15;/h4-5,8-9,25H,3,6-7,10-11H2,1-2H3,(H2,23,24,26);1H. The van der Waals surface area contributed by atoms with Gasteiger partial charge in [-0.3, -0.25) is 4.79 Å². The van der Waals surface area contributed by atoms with E-state index in [-0.39, 0.29) is 29.8 Å². The largest absolute Gasteiger partial charge is 0.406 e. The van der Waals surface area contributed by atoms with Gasteiger partial charge in [-0.25, -0.2) is 9.38 Å². The highest BCUT2D eigenvalue weighted by Gasteiger charge is 2.31. The molecule has 0 radical (unpaired) electrons. The Kier molecular flexibility index (Phi) is 9.66. The van der Waals surface area contributed by atoms with Gasteiger partial charge in [0.05, 0.1) is 0 Å². The zero-order valence-electron chi connectivity index (χ0n) is 16.1. The minimum absolute atomic E-state index is 0. The van der Waals surface area contributed by atoms with Crippen LogP contribution in [0.15, 0.2) is 29.4 Å². The van der Waals surface area contributed by atoms with Gasteiger partial charge in [0.25, 0.3) is 0 Å². The van der Waals surface area contributed by atoms with Gasteiger partial charge in [-0.15, -0.1) is 24.0 Å². The fourth-order valence-corrected chi connectivity index (χ4v) is 2.65. The van der Waals surface area contributed by atoms with Gasteiger partial charge in [-0.05, 0) is 37.1 Å². The van der Waals surface area contributed by atoms with E-state index in [1.54, 1.807) is 12.3 Å². The summed E-state index contributed by atoms with van der Waals surface area (Å²) in [5, 5.41) is 6.89. The summed E-state index contributed by atoms with van der Waals surface area (Å²) in [4.78, 5) is 19.4. The second-order valence-corrected chi connectivity index (χ2v) is 6.24. The second kappa shape index (κ2) is 11.2. The van der Waals surface area contributed by atoms with E-state index in [9.17, 15) is 22.4 Å². The number of carbonyl (C=O) groups is 1. The molecule has 0 fully saturated rings. The fraction of sp³-hybridized carbons (Fsp3) is 0.444. The summed E-state index contributed by atoms with van der Waals surface area (Å²) in [5.41, 5.74) is 1.69. The normalized spacial score (nSPS) is 11.9. The topological polar surface area (TPSA) is 72.5 Å². The molecular formula is C18H24F4IN5O. The molecule has 0 unspecified atom stereocenters. The molecule has 162 valence electrons. The highest BCUT2D eigenvalue weighted by atomic mass is 127.